The molecule has 4 nitrogen and oxygen atoms in total. The largest absolute Gasteiger partial charge is 0.475 e. The van der Waals surface area contributed by atoms with Crippen molar-refractivity contribution in [1.29, 1.82) is 0 Å². The van der Waals surface area contributed by atoms with Crippen molar-refractivity contribution in [3.63, 3.8) is 0 Å². The van der Waals surface area contributed by atoms with Crippen molar-refractivity contribution < 1.29 is 18.1 Å². The molecule has 0 spiro atoms. The fraction of sp³-hybridized carbons (Fsp3) is 0.467. The lowest BCUT2D eigenvalue weighted by atomic mass is 10.1. The van der Waals surface area contributed by atoms with E-state index < -0.39 is 7.82 Å². The van der Waals surface area contributed by atoms with Crippen LogP contribution in [0.25, 0.3) is 0 Å². The number of benzene rings is 1. The Labute approximate surface area is 121 Å². The summed E-state index contributed by atoms with van der Waals surface area (Å²) in [6, 6.07) is 10.3. The van der Waals surface area contributed by atoms with E-state index in [9.17, 15) is 4.57 Å². The first-order valence-electron chi connectivity index (χ1n) is 6.92. The summed E-state index contributed by atoms with van der Waals surface area (Å²) in [7, 11) is -3.38. The average Bonchev–Trinajstić information content (AvgIpc) is 2.44. The van der Waals surface area contributed by atoms with E-state index in [-0.39, 0.29) is 6.61 Å². The lowest BCUT2D eigenvalue weighted by Crippen LogP contribution is -2.00. The molecule has 0 N–H and O–H groups in total. The van der Waals surface area contributed by atoms with Gasteiger partial charge in [-0.25, -0.2) is 4.57 Å². The highest BCUT2D eigenvalue weighted by Crippen LogP contribution is 2.49. The van der Waals surface area contributed by atoms with Gasteiger partial charge in [0.25, 0.3) is 0 Å². The maximum Gasteiger partial charge on any atom is 0.475 e. The second-order valence-corrected chi connectivity index (χ2v) is 5.74. The molecule has 1 rings (SSSR count). The first-order valence-corrected chi connectivity index (χ1v) is 8.39. The first kappa shape index (κ1) is 17.1. The summed E-state index contributed by atoms with van der Waals surface area (Å²) in [5.74, 6) is 0. The van der Waals surface area contributed by atoms with Gasteiger partial charge in [-0.2, -0.15) is 0 Å². The lowest BCUT2D eigenvalue weighted by molar-refractivity contribution is 0.131. The molecule has 0 atom stereocenters. The minimum atomic E-state index is -3.38. The topological polar surface area (TPSA) is 44.8 Å². The Bertz CT molecular complexity index is 421. The smallest absolute Gasteiger partial charge is 0.287 e. The molecule has 20 heavy (non-hydrogen) atoms. The van der Waals surface area contributed by atoms with E-state index in [0.717, 1.165) is 12.8 Å². The number of phosphoric acid groups is 1. The van der Waals surface area contributed by atoms with Crippen molar-refractivity contribution in [2.75, 3.05) is 19.8 Å². The highest BCUT2D eigenvalue weighted by atomic mass is 31.2. The molecule has 0 amide bonds. The molecule has 0 saturated heterocycles. The third-order valence-electron chi connectivity index (χ3n) is 2.51. The van der Waals surface area contributed by atoms with Crippen LogP contribution in [0.5, 0.6) is 0 Å². The maximum atomic E-state index is 12.0. The van der Waals surface area contributed by atoms with Crippen molar-refractivity contribution in [2.24, 2.45) is 0 Å². The molecular formula is C15H23O4P. The fourth-order valence-electron chi connectivity index (χ4n) is 1.64. The molecule has 5 heteroatoms. The number of allylic oxidation sites excluding steroid dienone is 1. The van der Waals surface area contributed by atoms with E-state index in [1.807, 2.05) is 30.4 Å². The zero-order valence-corrected chi connectivity index (χ0v) is 13.1. The van der Waals surface area contributed by atoms with Crippen LogP contribution >= 0.6 is 7.82 Å². The van der Waals surface area contributed by atoms with Gasteiger partial charge in [-0.3, -0.25) is 13.6 Å². The van der Waals surface area contributed by atoms with Gasteiger partial charge in [0.1, 0.15) is 0 Å². The Hall–Kier alpha value is -0.930. The molecule has 0 aliphatic carbocycles. The predicted octanol–water partition coefficient (Wildman–Crippen LogP) is 4.37. The molecule has 0 aliphatic rings. The van der Waals surface area contributed by atoms with Crippen molar-refractivity contribution in [3.8, 4) is 0 Å². The van der Waals surface area contributed by atoms with Gasteiger partial charge >= 0.3 is 7.82 Å². The van der Waals surface area contributed by atoms with Crippen LogP contribution in [0.3, 0.4) is 0 Å². The number of hydrogen-bond acceptors (Lipinski definition) is 4. The molecule has 0 unspecified atom stereocenters. The predicted molar refractivity (Wildman–Crippen MR) is 80.7 cm³/mol. The SMILES string of the molecule is CCOP(=O)(OCC)OC/C=C\CCc1ccccc1. The standard InChI is InChI=1S/C15H23O4P/c1-3-17-20(16,18-4-2)19-14-10-6-9-13-15-11-7-5-8-12-15/h5-8,10-12H,3-4,9,13-14H2,1-2H3/b10-6-. The Morgan fingerprint density at radius 1 is 1.00 bits per heavy atom. The molecule has 1 aromatic carbocycles. The number of hydrogen-bond donors (Lipinski definition) is 0. The minimum Gasteiger partial charge on any atom is -0.287 e. The van der Waals surface area contributed by atoms with Gasteiger partial charge in [-0.1, -0.05) is 42.5 Å². The van der Waals surface area contributed by atoms with E-state index in [2.05, 4.69) is 12.1 Å². The van der Waals surface area contributed by atoms with Crippen molar-refractivity contribution in [1.82, 2.24) is 0 Å². The van der Waals surface area contributed by atoms with Crippen LogP contribution in [-0.4, -0.2) is 19.8 Å². The second kappa shape index (κ2) is 9.89. The van der Waals surface area contributed by atoms with Crippen LogP contribution in [0.4, 0.5) is 0 Å². The van der Waals surface area contributed by atoms with Crippen LogP contribution in [0, 0.1) is 0 Å². The van der Waals surface area contributed by atoms with Gasteiger partial charge in [0.05, 0.1) is 19.8 Å². The number of phosphoric ester groups is 1. The molecule has 0 heterocycles. The van der Waals surface area contributed by atoms with E-state index in [1.54, 1.807) is 13.8 Å². The van der Waals surface area contributed by atoms with Crippen LogP contribution in [-0.2, 0) is 24.6 Å². The minimum absolute atomic E-state index is 0.228. The van der Waals surface area contributed by atoms with Crippen LogP contribution < -0.4 is 0 Å². The van der Waals surface area contributed by atoms with E-state index in [1.165, 1.54) is 5.56 Å². The third-order valence-corrected chi connectivity index (χ3v) is 4.13. The highest BCUT2D eigenvalue weighted by Gasteiger charge is 2.24. The average molecular weight is 298 g/mol. The Balaban J connectivity index is 2.25. The maximum absolute atomic E-state index is 12.0. The van der Waals surface area contributed by atoms with Gasteiger partial charge in [-0.05, 0) is 32.3 Å². The van der Waals surface area contributed by atoms with E-state index in [0.29, 0.717) is 13.2 Å². The van der Waals surface area contributed by atoms with Crippen molar-refractivity contribution in [3.05, 3.63) is 48.0 Å². The quantitative estimate of drug-likeness (QED) is 0.475. The molecule has 0 aliphatic heterocycles. The number of rotatable bonds is 10. The third kappa shape index (κ3) is 7.01. The molecule has 0 saturated carbocycles. The molecule has 0 fully saturated rings. The van der Waals surface area contributed by atoms with Crippen LogP contribution in [0.1, 0.15) is 25.8 Å². The summed E-state index contributed by atoms with van der Waals surface area (Å²) in [6.07, 6.45) is 5.75. The van der Waals surface area contributed by atoms with Crippen LogP contribution in [0.2, 0.25) is 0 Å². The van der Waals surface area contributed by atoms with Gasteiger partial charge in [0.2, 0.25) is 0 Å². The van der Waals surface area contributed by atoms with Gasteiger partial charge in [0.15, 0.2) is 0 Å². The van der Waals surface area contributed by atoms with Gasteiger partial charge in [-0.15, -0.1) is 0 Å². The summed E-state index contributed by atoms with van der Waals surface area (Å²) >= 11 is 0. The summed E-state index contributed by atoms with van der Waals surface area (Å²) in [6.45, 7) is 4.34. The fourth-order valence-corrected chi connectivity index (χ4v) is 2.77. The van der Waals surface area contributed by atoms with Crippen LogP contribution in [0.15, 0.2) is 42.5 Å². The highest BCUT2D eigenvalue weighted by molar-refractivity contribution is 7.48. The van der Waals surface area contributed by atoms with E-state index >= 15 is 0 Å². The normalized spacial score (nSPS) is 12.1. The van der Waals surface area contributed by atoms with Gasteiger partial charge in [0, 0.05) is 0 Å². The Kier molecular flexibility index (Phi) is 8.47. The Morgan fingerprint density at radius 3 is 2.25 bits per heavy atom. The molecule has 0 radical (unpaired) electrons. The first-order chi connectivity index (χ1) is 9.70. The summed E-state index contributed by atoms with van der Waals surface area (Å²) in [4.78, 5) is 0. The van der Waals surface area contributed by atoms with Crippen molar-refractivity contribution in [2.45, 2.75) is 26.7 Å². The Morgan fingerprint density at radius 2 is 1.65 bits per heavy atom. The van der Waals surface area contributed by atoms with Crippen molar-refractivity contribution >= 4 is 7.82 Å². The summed E-state index contributed by atoms with van der Waals surface area (Å²) < 4.78 is 27.2. The molecular weight excluding hydrogens is 275 g/mol. The zero-order chi connectivity index (χ0) is 14.7. The molecule has 1 aromatic rings. The lowest BCUT2D eigenvalue weighted by Gasteiger charge is -2.14. The number of aryl methyl sites for hydroxylation is 1. The molecule has 112 valence electrons. The second-order valence-electron chi connectivity index (χ2n) is 4.07. The zero-order valence-electron chi connectivity index (χ0n) is 12.2. The molecule has 0 aromatic heterocycles. The van der Waals surface area contributed by atoms with E-state index in [4.69, 9.17) is 13.6 Å². The molecule has 0 bridgehead atoms. The van der Waals surface area contributed by atoms with Gasteiger partial charge < -0.3 is 0 Å². The summed E-state index contributed by atoms with van der Waals surface area (Å²) in [5.41, 5.74) is 1.30. The monoisotopic (exact) mass is 298 g/mol. The summed E-state index contributed by atoms with van der Waals surface area (Å²) in [5, 5.41) is 0.